The lowest BCUT2D eigenvalue weighted by Crippen LogP contribution is -2.44. The lowest BCUT2D eigenvalue weighted by Gasteiger charge is -2.34. The van der Waals surface area contributed by atoms with Crippen molar-refractivity contribution in [2.75, 3.05) is 26.0 Å². The van der Waals surface area contributed by atoms with Crippen LogP contribution in [-0.4, -0.2) is 62.3 Å². The van der Waals surface area contributed by atoms with Gasteiger partial charge < -0.3 is 9.64 Å². The molecule has 1 aliphatic rings. The van der Waals surface area contributed by atoms with Gasteiger partial charge in [-0.25, -0.2) is 9.50 Å². The summed E-state index contributed by atoms with van der Waals surface area (Å²) in [6, 6.07) is 0. The number of ether oxygens (including phenoxy) is 1. The van der Waals surface area contributed by atoms with E-state index in [-0.39, 0.29) is 18.9 Å². The van der Waals surface area contributed by atoms with Crippen molar-refractivity contribution in [3.05, 3.63) is 17.0 Å². The summed E-state index contributed by atoms with van der Waals surface area (Å²) in [6.45, 7) is 9.24. The summed E-state index contributed by atoms with van der Waals surface area (Å²) in [5.41, 5.74) is 2.27. The summed E-state index contributed by atoms with van der Waals surface area (Å²) in [5, 5.41) is 5.01. The van der Waals surface area contributed by atoms with Crippen LogP contribution in [0.3, 0.4) is 0 Å². The van der Waals surface area contributed by atoms with E-state index in [1.807, 2.05) is 20.1 Å². The summed E-state index contributed by atoms with van der Waals surface area (Å²) >= 11 is 1.44. The first-order valence-electron chi connectivity index (χ1n) is 9.48. The summed E-state index contributed by atoms with van der Waals surface area (Å²) in [5.74, 6) is 0.888. The van der Waals surface area contributed by atoms with E-state index >= 15 is 0 Å². The van der Waals surface area contributed by atoms with E-state index in [1.165, 1.54) is 11.8 Å². The summed E-state index contributed by atoms with van der Waals surface area (Å²) in [4.78, 5) is 35.3. The van der Waals surface area contributed by atoms with Crippen LogP contribution in [0.5, 0.6) is 0 Å². The van der Waals surface area contributed by atoms with Crippen LogP contribution in [0.25, 0.3) is 5.78 Å². The Morgan fingerprint density at radius 1 is 1.18 bits per heavy atom. The number of aryl methyl sites for hydroxylation is 2. The Morgan fingerprint density at radius 3 is 2.50 bits per heavy atom. The summed E-state index contributed by atoms with van der Waals surface area (Å²) in [6.07, 6.45) is 3.07. The fraction of sp³-hybridized carbons (Fsp3) is 0.632. The standard InChI is InChI=1S/C19H27N5O3S/c1-11-6-12(2)9-23(8-11)16(25)10-27-17(26)7-15-13(3)20-18-21-19(28-5)22-24(18)14(15)4/h11-12H,6-10H2,1-5H3/t11-,12-/m1/s1. The minimum absolute atomic E-state index is 0.0507. The van der Waals surface area contributed by atoms with Gasteiger partial charge in [0.2, 0.25) is 5.16 Å². The molecule has 8 nitrogen and oxygen atoms in total. The van der Waals surface area contributed by atoms with E-state index in [0.29, 0.717) is 28.5 Å². The van der Waals surface area contributed by atoms with Gasteiger partial charge in [0, 0.05) is 30.0 Å². The van der Waals surface area contributed by atoms with Crippen molar-refractivity contribution < 1.29 is 14.3 Å². The Kier molecular flexibility index (Phi) is 6.22. The largest absolute Gasteiger partial charge is 0.455 e. The molecule has 0 aliphatic carbocycles. The van der Waals surface area contributed by atoms with Crippen LogP contribution in [0, 0.1) is 25.7 Å². The van der Waals surface area contributed by atoms with Gasteiger partial charge in [0.1, 0.15) is 0 Å². The second-order valence-corrected chi connectivity index (χ2v) is 8.43. The van der Waals surface area contributed by atoms with Crippen LogP contribution in [0.15, 0.2) is 5.16 Å². The first-order chi connectivity index (χ1) is 13.3. The van der Waals surface area contributed by atoms with Crippen molar-refractivity contribution >= 4 is 29.4 Å². The van der Waals surface area contributed by atoms with Crippen LogP contribution in [0.1, 0.15) is 37.2 Å². The van der Waals surface area contributed by atoms with Crippen LogP contribution in [0.4, 0.5) is 0 Å². The van der Waals surface area contributed by atoms with Crippen LogP contribution < -0.4 is 0 Å². The predicted octanol–water partition coefficient (Wildman–Crippen LogP) is 2.05. The van der Waals surface area contributed by atoms with E-state index < -0.39 is 5.97 Å². The number of nitrogens with zero attached hydrogens (tertiary/aromatic N) is 5. The maximum absolute atomic E-state index is 12.4. The molecule has 2 atom stereocenters. The van der Waals surface area contributed by atoms with E-state index in [2.05, 4.69) is 28.9 Å². The zero-order valence-electron chi connectivity index (χ0n) is 17.1. The Morgan fingerprint density at radius 2 is 1.86 bits per heavy atom. The highest BCUT2D eigenvalue weighted by Gasteiger charge is 2.26. The third-order valence-electron chi connectivity index (χ3n) is 5.11. The number of piperidine rings is 1. The number of rotatable bonds is 5. The lowest BCUT2D eigenvalue weighted by molar-refractivity contribution is -0.152. The number of aromatic nitrogens is 4. The van der Waals surface area contributed by atoms with Gasteiger partial charge in [-0.05, 0) is 38.4 Å². The predicted molar refractivity (Wildman–Crippen MR) is 106 cm³/mol. The molecule has 3 rings (SSSR count). The minimum Gasteiger partial charge on any atom is -0.455 e. The fourth-order valence-corrected chi connectivity index (χ4v) is 4.16. The molecule has 0 radical (unpaired) electrons. The second kappa shape index (κ2) is 8.46. The topological polar surface area (TPSA) is 89.7 Å². The molecule has 28 heavy (non-hydrogen) atoms. The molecule has 2 aromatic rings. The van der Waals surface area contributed by atoms with E-state index in [1.54, 1.807) is 9.42 Å². The minimum atomic E-state index is -0.441. The van der Waals surface area contributed by atoms with E-state index in [0.717, 1.165) is 30.8 Å². The molecule has 0 N–H and O–H groups in total. The van der Waals surface area contributed by atoms with Gasteiger partial charge in [-0.1, -0.05) is 25.6 Å². The fourth-order valence-electron chi connectivity index (χ4n) is 3.83. The van der Waals surface area contributed by atoms with Gasteiger partial charge in [0.15, 0.2) is 6.61 Å². The smallest absolute Gasteiger partial charge is 0.310 e. The summed E-state index contributed by atoms with van der Waals surface area (Å²) < 4.78 is 6.91. The van der Waals surface area contributed by atoms with Crippen molar-refractivity contribution in [2.45, 2.75) is 45.7 Å². The lowest BCUT2D eigenvalue weighted by atomic mass is 9.92. The molecule has 1 amide bonds. The second-order valence-electron chi connectivity index (χ2n) is 7.65. The maximum atomic E-state index is 12.4. The summed E-state index contributed by atoms with van der Waals surface area (Å²) in [7, 11) is 0. The molecular weight excluding hydrogens is 378 g/mol. The molecule has 1 fully saturated rings. The monoisotopic (exact) mass is 405 g/mol. The average molecular weight is 406 g/mol. The molecule has 1 aliphatic heterocycles. The molecule has 9 heteroatoms. The molecule has 1 saturated heterocycles. The van der Waals surface area contributed by atoms with Crippen LogP contribution >= 0.6 is 11.8 Å². The van der Waals surface area contributed by atoms with Gasteiger partial charge in [0.05, 0.1) is 6.42 Å². The highest BCUT2D eigenvalue weighted by molar-refractivity contribution is 7.98. The Labute approximate surface area is 169 Å². The van der Waals surface area contributed by atoms with Crippen molar-refractivity contribution in [1.29, 1.82) is 0 Å². The number of amides is 1. The first kappa shape index (κ1) is 20.6. The number of hydrogen-bond donors (Lipinski definition) is 0. The molecule has 3 heterocycles. The highest BCUT2D eigenvalue weighted by atomic mass is 32.2. The van der Waals surface area contributed by atoms with Crippen LogP contribution in [0.2, 0.25) is 0 Å². The molecule has 0 saturated carbocycles. The Hall–Kier alpha value is -2.16. The molecule has 152 valence electrons. The van der Waals surface area contributed by atoms with Gasteiger partial charge >= 0.3 is 5.97 Å². The number of hydrogen-bond acceptors (Lipinski definition) is 7. The molecule has 0 bridgehead atoms. The number of carbonyl (C=O) groups is 2. The van der Waals surface area contributed by atoms with Crippen LogP contribution in [-0.2, 0) is 20.7 Å². The first-order valence-corrected chi connectivity index (χ1v) is 10.7. The molecule has 2 aromatic heterocycles. The highest BCUT2D eigenvalue weighted by Crippen LogP contribution is 2.21. The van der Waals surface area contributed by atoms with E-state index in [4.69, 9.17) is 4.74 Å². The van der Waals surface area contributed by atoms with E-state index in [9.17, 15) is 9.59 Å². The zero-order chi connectivity index (χ0) is 20.4. The number of likely N-dealkylation sites (tertiary alicyclic amines) is 1. The maximum Gasteiger partial charge on any atom is 0.310 e. The number of carbonyl (C=O) groups excluding carboxylic acids is 2. The number of thioether (sulfide) groups is 1. The number of fused-ring (bicyclic) bond motifs is 1. The van der Waals surface area contributed by atoms with Gasteiger partial charge in [-0.3, -0.25) is 9.59 Å². The van der Waals surface area contributed by atoms with Gasteiger partial charge in [-0.15, -0.1) is 5.10 Å². The average Bonchev–Trinajstić information content (AvgIpc) is 3.05. The normalized spacial score (nSPS) is 19.8. The zero-order valence-corrected chi connectivity index (χ0v) is 17.9. The quantitative estimate of drug-likeness (QED) is 0.555. The van der Waals surface area contributed by atoms with Crippen molar-refractivity contribution in [3.8, 4) is 0 Å². The Balaban J connectivity index is 1.64. The van der Waals surface area contributed by atoms with Crippen molar-refractivity contribution in [1.82, 2.24) is 24.5 Å². The Bertz CT molecular complexity index is 887. The third kappa shape index (κ3) is 4.45. The SMILES string of the molecule is CSc1nc2nc(C)c(CC(=O)OCC(=O)N3C[C@H](C)C[C@@H](C)C3)c(C)n2n1. The molecule has 0 aromatic carbocycles. The molecule has 0 unspecified atom stereocenters. The van der Waals surface area contributed by atoms with Crippen molar-refractivity contribution in [2.24, 2.45) is 11.8 Å². The van der Waals surface area contributed by atoms with Crippen molar-refractivity contribution in [3.63, 3.8) is 0 Å². The molecule has 0 spiro atoms. The van der Waals surface area contributed by atoms with Gasteiger partial charge in [0.25, 0.3) is 11.7 Å². The third-order valence-corrected chi connectivity index (χ3v) is 5.65. The number of esters is 1. The van der Waals surface area contributed by atoms with Gasteiger partial charge in [-0.2, -0.15) is 4.98 Å². The molecular formula is C19H27N5O3S.